The molecule has 3 rings (SSSR count). The Morgan fingerprint density at radius 1 is 0.953 bits per heavy atom. The molecule has 0 spiro atoms. The lowest BCUT2D eigenvalue weighted by Crippen LogP contribution is -2.56. The normalized spacial score (nSPS) is 19.0. The number of carbonyl (C=O) groups excluding carboxylic acids is 3. The molecule has 3 amide bonds. The molecule has 9 heteroatoms. The molecule has 2 fully saturated rings. The molecule has 0 unspecified atom stereocenters. The van der Waals surface area contributed by atoms with Gasteiger partial charge in [-0.15, -0.1) is 12.3 Å². The highest BCUT2D eigenvalue weighted by Crippen LogP contribution is 2.36. The zero-order valence-corrected chi connectivity index (χ0v) is 26.2. The Balaban J connectivity index is 1.72. The van der Waals surface area contributed by atoms with Gasteiger partial charge in [0.25, 0.3) is 0 Å². The number of rotatable bonds is 17. The van der Waals surface area contributed by atoms with Crippen LogP contribution < -0.4 is 10.6 Å². The second-order valence-corrected chi connectivity index (χ2v) is 12.9. The van der Waals surface area contributed by atoms with E-state index < -0.39 is 42.0 Å². The molecule has 0 saturated heterocycles. The predicted octanol–water partition coefficient (Wildman–Crippen LogP) is 2.35. The van der Waals surface area contributed by atoms with E-state index in [1.807, 2.05) is 49.3 Å². The van der Waals surface area contributed by atoms with Gasteiger partial charge in [-0.1, -0.05) is 62.4 Å². The van der Waals surface area contributed by atoms with Crippen LogP contribution in [0.1, 0.15) is 69.8 Å². The Morgan fingerprint density at radius 3 is 2.23 bits per heavy atom. The number of benzene rings is 1. The first kappa shape index (κ1) is 34.6. The maximum atomic E-state index is 13.7. The molecule has 1 aromatic carbocycles. The Kier molecular flexibility index (Phi) is 14.0. The largest absolute Gasteiger partial charge is 0.390 e. The van der Waals surface area contributed by atoms with E-state index in [0.717, 1.165) is 44.1 Å². The summed E-state index contributed by atoms with van der Waals surface area (Å²) in [7, 11) is 5.60. The average Bonchev–Trinajstić information content (AvgIpc) is 3.85. The van der Waals surface area contributed by atoms with E-state index in [0.29, 0.717) is 31.8 Å². The van der Waals surface area contributed by atoms with Crippen molar-refractivity contribution in [3.05, 3.63) is 35.9 Å². The van der Waals surface area contributed by atoms with E-state index in [4.69, 9.17) is 6.42 Å². The predicted molar refractivity (Wildman–Crippen MR) is 168 cm³/mol. The Bertz CT molecular complexity index is 1060. The standard InChI is InChI=1S/C34H52N4O5/c1-5-12-28(34(43)36-29(22-25-15-10-7-11-16-25)32(41)31(40)26-17-18-26)35-33(42)27(21-24-13-8-6-9-14-24)23-30(39)38(4)20-19-37(2)3/h1,6,8-9,13-14,25-29,31-32,40-41H,7,10-12,15-23H2,2-4H3,(H,35,42)(H,36,43)/t27-,28+,29+,31+,32-/m1/s1. The molecular weight excluding hydrogens is 544 g/mol. The van der Waals surface area contributed by atoms with Crippen LogP contribution in [0.15, 0.2) is 30.3 Å². The maximum Gasteiger partial charge on any atom is 0.243 e. The SMILES string of the molecule is C#CC[C@H](NC(=O)[C@@H](CC(=O)N(C)CCN(C)C)Cc1ccccc1)C(=O)N[C@@H](CC1CCCCC1)[C@@H](O)[C@@H](O)C1CC1. The van der Waals surface area contributed by atoms with Gasteiger partial charge in [0.15, 0.2) is 0 Å². The highest BCUT2D eigenvalue weighted by atomic mass is 16.3. The second-order valence-electron chi connectivity index (χ2n) is 12.9. The van der Waals surface area contributed by atoms with Crippen LogP contribution in [0.5, 0.6) is 0 Å². The van der Waals surface area contributed by atoms with Crippen LogP contribution in [0.25, 0.3) is 0 Å². The van der Waals surface area contributed by atoms with Gasteiger partial charge in [0.1, 0.15) is 12.1 Å². The minimum atomic E-state index is -1.10. The van der Waals surface area contributed by atoms with E-state index in [1.165, 1.54) is 6.42 Å². The molecule has 0 bridgehead atoms. The molecule has 2 aliphatic rings. The number of aliphatic hydroxyl groups is 2. The molecule has 2 saturated carbocycles. The summed E-state index contributed by atoms with van der Waals surface area (Å²) >= 11 is 0. The topological polar surface area (TPSA) is 122 Å². The third-order valence-corrected chi connectivity index (χ3v) is 8.89. The molecule has 0 radical (unpaired) electrons. The number of terminal acetylenes is 1. The summed E-state index contributed by atoms with van der Waals surface area (Å²) in [6, 6.07) is 7.81. The van der Waals surface area contributed by atoms with Gasteiger partial charge < -0.3 is 30.6 Å². The van der Waals surface area contributed by atoms with Crippen molar-refractivity contribution in [2.75, 3.05) is 34.2 Å². The Morgan fingerprint density at radius 2 is 1.63 bits per heavy atom. The van der Waals surface area contributed by atoms with Crippen molar-refractivity contribution in [1.29, 1.82) is 0 Å². The van der Waals surface area contributed by atoms with Gasteiger partial charge in [0.2, 0.25) is 17.7 Å². The van der Waals surface area contributed by atoms with Gasteiger partial charge in [-0.2, -0.15) is 0 Å². The number of nitrogens with one attached hydrogen (secondary N) is 2. The van der Waals surface area contributed by atoms with Crippen molar-refractivity contribution in [2.24, 2.45) is 17.8 Å². The van der Waals surface area contributed by atoms with Crippen LogP contribution in [0.2, 0.25) is 0 Å². The van der Waals surface area contributed by atoms with Crippen LogP contribution >= 0.6 is 0 Å². The minimum Gasteiger partial charge on any atom is -0.390 e. The number of likely N-dealkylation sites (N-methyl/N-ethyl adjacent to an activating group) is 2. The van der Waals surface area contributed by atoms with E-state index >= 15 is 0 Å². The molecule has 0 aromatic heterocycles. The fourth-order valence-electron chi connectivity index (χ4n) is 5.92. The molecule has 5 atom stereocenters. The van der Waals surface area contributed by atoms with E-state index in [-0.39, 0.29) is 24.7 Å². The number of hydrogen-bond donors (Lipinski definition) is 4. The van der Waals surface area contributed by atoms with E-state index in [2.05, 4.69) is 16.6 Å². The smallest absolute Gasteiger partial charge is 0.243 e. The quantitative estimate of drug-likeness (QED) is 0.205. The van der Waals surface area contributed by atoms with Gasteiger partial charge in [0.05, 0.1) is 18.1 Å². The molecule has 0 heterocycles. The van der Waals surface area contributed by atoms with Crippen molar-refractivity contribution in [3.8, 4) is 12.3 Å². The first-order valence-electron chi connectivity index (χ1n) is 15.9. The first-order chi connectivity index (χ1) is 20.6. The van der Waals surface area contributed by atoms with Crippen LogP contribution in [0.4, 0.5) is 0 Å². The summed E-state index contributed by atoms with van der Waals surface area (Å²) < 4.78 is 0. The lowest BCUT2D eigenvalue weighted by molar-refractivity contribution is -0.137. The van der Waals surface area contributed by atoms with Crippen molar-refractivity contribution in [2.45, 2.75) is 94.9 Å². The molecular formula is C34H52N4O5. The van der Waals surface area contributed by atoms with Crippen LogP contribution in [-0.2, 0) is 20.8 Å². The van der Waals surface area contributed by atoms with Crippen LogP contribution in [0, 0.1) is 30.1 Å². The van der Waals surface area contributed by atoms with Crippen molar-refractivity contribution >= 4 is 17.7 Å². The molecule has 0 aliphatic heterocycles. The lowest BCUT2D eigenvalue weighted by Gasteiger charge is -2.33. The molecule has 238 valence electrons. The van der Waals surface area contributed by atoms with Crippen molar-refractivity contribution in [1.82, 2.24) is 20.4 Å². The summed E-state index contributed by atoms with van der Waals surface area (Å²) in [6.45, 7) is 1.23. The number of nitrogens with zero attached hydrogens (tertiary/aromatic N) is 2. The lowest BCUT2D eigenvalue weighted by atomic mass is 9.82. The Hall–Kier alpha value is -2.93. The molecule has 4 N–H and O–H groups in total. The van der Waals surface area contributed by atoms with Crippen LogP contribution in [-0.4, -0.2) is 96.3 Å². The summed E-state index contributed by atoms with van der Waals surface area (Å²) in [4.78, 5) is 44.0. The number of carbonyl (C=O) groups is 3. The fraction of sp³-hybridized carbons (Fsp3) is 0.676. The Labute approximate surface area is 257 Å². The fourth-order valence-corrected chi connectivity index (χ4v) is 5.92. The molecule has 43 heavy (non-hydrogen) atoms. The summed E-state index contributed by atoms with van der Waals surface area (Å²) in [5, 5.41) is 27.6. The number of aliphatic hydroxyl groups excluding tert-OH is 2. The van der Waals surface area contributed by atoms with E-state index in [1.54, 1.807) is 11.9 Å². The molecule has 2 aliphatic carbocycles. The van der Waals surface area contributed by atoms with Gasteiger partial charge >= 0.3 is 0 Å². The van der Waals surface area contributed by atoms with Gasteiger partial charge in [-0.05, 0) is 57.2 Å². The summed E-state index contributed by atoms with van der Waals surface area (Å²) in [5.41, 5.74) is 0.911. The maximum absolute atomic E-state index is 13.7. The highest BCUT2D eigenvalue weighted by Gasteiger charge is 2.40. The third kappa shape index (κ3) is 11.6. The summed E-state index contributed by atoms with van der Waals surface area (Å²) in [5.74, 6) is 1.14. The van der Waals surface area contributed by atoms with E-state index in [9.17, 15) is 24.6 Å². The number of amides is 3. The monoisotopic (exact) mass is 596 g/mol. The highest BCUT2D eigenvalue weighted by molar-refractivity contribution is 5.91. The van der Waals surface area contributed by atoms with Crippen LogP contribution in [0.3, 0.4) is 0 Å². The first-order valence-corrected chi connectivity index (χ1v) is 15.9. The van der Waals surface area contributed by atoms with Crippen molar-refractivity contribution < 1.29 is 24.6 Å². The second kappa shape index (κ2) is 17.4. The summed E-state index contributed by atoms with van der Waals surface area (Å²) in [6.07, 6.45) is 11.7. The van der Waals surface area contributed by atoms with Gasteiger partial charge in [-0.3, -0.25) is 14.4 Å². The third-order valence-electron chi connectivity index (χ3n) is 8.89. The number of hydrogen-bond acceptors (Lipinski definition) is 6. The average molecular weight is 597 g/mol. The van der Waals surface area contributed by atoms with Gasteiger partial charge in [0, 0.05) is 33.0 Å². The van der Waals surface area contributed by atoms with Gasteiger partial charge in [-0.25, -0.2) is 0 Å². The zero-order chi connectivity index (χ0) is 31.4. The minimum absolute atomic E-state index is 0.00829. The zero-order valence-electron chi connectivity index (χ0n) is 26.2. The van der Waals surface area contributed by atoms with Crippen molar-refractivity contribution in [3.63, 3.8) is 0 Å². The molecule has 1 aromatic rings. The molecule has 9 nitrogen and oxygen atoms in total.